The van der Waals surface area contributed by atoms with Crippen molar-refractivity contribution < 1.29 is 9.59 Å². The Balaban J connectivity index is 1.33. The second-order valence-electron chi connectivity index (χ2n) is 8.46. The minimum atomic E-state index is -0.232. The number of benzene rings is 2. The molecule has 1 atom stereocenters. The van der Waals surface area contributed by atoms with E-state index < -0.39 is 0 Å². The minimum Gasteiger partial charge on any atom is -0.344 e. The van der Waals surface area contributed by atoms with Crippen molar-refractivity contribution in [2.45, 2.75) is 44.8 Å². The molecule has 0 saturated heterocycles. The zero-order valence-corrected chi connectivity index (χ0v) is 18.5. The van der Waals surface area contributed by atoms with E-state index in [0.29, 0.717) is 36.0 Å². The Morgan fingerprint density at radius 2 is 1.91 bits per heavy atom. The Hall–Kier alpha value is -3.12. The SMILES string of the molecule is O=C(N[C@H]1CCCc2ccccc21)c1cc2n(n1)CCCN(Cc1ccc(Cl)cc1)C2=O. The van der Waals surface area contributed by atoms with Gasteiger partial charge < -0.3 is 10.2 Å². The summed E-state index contributed by atoms with van der Waals surface area (Å²) < 4.78 is 1.67. The first kappa shape index (κ1) is 20.8. The summed E-state index contributed by atoms with van der Waals surface area (Å²) >= 11 is 5.98. The molecule has 2 aromatic carbocycles. The highest BCUT2D eigenvalue weighted by molar-refractivity contribution is 6.30. The Bertz CT molecular complexity index is 1160. The van der Waals surface area contributed by atoms with E-state index >= 15 is 0 Å². The quantitative estimate of drug-likeness (QED) is 0.643. The molecule has 1 aliphatic carbocycles. The second-order valence-corrected chi connectivity index (χ2v) is 8.90. The summed E-state index contributed by atoms with van der Waals surface area (Å²) in [4.78, 5) is 28.0. The fourth-order valence-corrected chi connectivity index (χ4v) is 4.77. The molecule has 0 spiro atoms. The zero-order valence-electron chi connectivity index (χ0n) is 17.8. The Morgan fingerprint density at radius 3 is 2.75 bits per heavy atom. The van der Waals surface area contributed by atoms with Gasteiger partial charge in [-0.2, -0.15) is 5.10 Å². The number of nitrogens with one attached hydrogen (secondary N) is 1. The fraction of sp³-hybridized carbons (Fsp3) is 0.320. The van der Waals surface area contributed by atoms with E-state index in [9.17, 15) is 9.59 Å². The molecule has 1 N–H and O–H groups in total. The molecule has 5 rings (SSSR count). The number of aryl methyl sites for hydroxylation is 2. The largest absolute Gasteiger partial charge is 0.344 e. The number of halogens is 1. The molecule has 2 heterocycles. The third kappa shape index (κ3) is 4.15. The summed E-state index contributed by atoms with van der Waals surface area (Å²) in [6.07, 6.45) is 3.77. The smallest absolute Gasteiger partial charge is 0.272 e. The molecule has 1 aliphatic heterocycles. The first-order chi connectivity index (χ1) is 15.6. The van der Waals surface area contributed by atoms with Crippen molar-refractivity contribution >= 4 is 23.4 Å². The van der Waals surface area contributed by atoms with Crippen LogP contribution in [-0.4, -0.2) is 33.0 Å². The monoisotopic (exact) mass is 448 g/mol. The van der Waals surface area contributed by atoms with Crippen molar-refractivity contribution in [3.63, 3.8) is 0 Å². The number of rotatable bonds is 4. The summed E-state index contributed by atoms with van der Waals surface area (Å²) in [5, 5.41) is 8.28. The van der Waals surface area contributed by atoms with Gasteiger partial charge in [-0.05, 0) is 54.5 Å². The number of aromatic nitrogens is 2. The lowest BCUT2D eigenvalue weighted by Crippen LogP contribution is -2.31. The van der Waals surface area contributed by atoms with Gasteiger partial charge in [0.2, 0.25) is 0 Å². The van der Waals surface area contributed by atoms with Gasteiger partial charge in [-0.15, -0.1) is 0 Å². The highest BCUT2D eigenvalue weighted by Crippen LogP contribution is 2.29. The molecule has 0 unspecified atom stereocenters. The van der Waals surface area contributed by atoms with Gasteiger partial charge in [0.1, 0.15) is 5.69 Å². The molecule has 7 heteroatoms. The number of nitrogens with zero attached hydrogens (tertiary/aromatic N) is 3. The van der Waals surface area contributed by atoms with Crippen LogP contribution in [0.15, 0.2) is 54.6 Å². The second kappa shape index (κ2) is 8.79. The molecule has 32 heavy (non-hydrogen) atoms. The van der Waals surface area contributed by atoms with Gasteiger partial charge in [0, 0.05) is 30.7 Å². The van der Waals surface area contributed by atoms with E-state index in [1.54, 1.807) is 10.7 Å². The van der Waals surface area contributed by atoms with Crippen LogP contribution in [0, 0.1) is 0 Å². The fourth-order valence-electron chi connectivity index (χ4n) is 4.64. The lowest BCUT2D eigenvalue weighted by atomic mass is 9.87. The van der Waals surface area contributed by atoms with Crippen LogP contribution in [0.25, 0.3) is 0 Å². The van der Waals surface area contributed by atoms with Crippen molar-refractivity contribution in [3.8, 4) is 0 Å². The number of carbonyl (C=O) groups excluding carboxylic acids is 2. The van der Waals surface area contributed by atoms with Crippen LogP contribution in [0.3, 0.4) is 0 Å². The molecule has 0 bridgehead atoms. The highest BCUT2D eigenvalue weighted by Gasteiger charge is 2.28. The van der Waals surface area contributed by atoms with E-state index in [2.05, 4.69) is 22.5 Å². The molecule has 0 fully saturated rings. The van der Waals surface area contributed by atoms with Crippen LogP contribution in [0.2, 0.25) is 5.02 Å². The maximum atomic E-state index is 13.2. The summed E-state index contributed by atoms with van der Waals surface area (Å²) in [5.41, 5.74) is 4.25. The van der Waals surface area contributed by atoms with Crippen molar-refractivity contribution in [2.75, 3.05) is 6.54 Å². The lowest BCUT2D eigenvalue weighted by molar-refractivity contribution is 0.0745. The van der Waals surface area contributed by atoms with Crippen molar-refractivity contribution in [1.29, 1.82) is 0 Å². The molecule has 1 aromatic heterocycles. The number of hydrogen-bond acceptors (Lipinski definition) is 3. The van der Waals surface area contributed by atoms with E-state index in [1.165, 1.54) is 11.1 Å². The third-order valence-corrected chi connectivity index (χ3v) is 6.53. The van der Waals surface area contributed by atoms with Crippen LogP contribution in [0.5, 0.6) is 0 Å². The van der Waals surface area contributed by atoms with E-state index in [1.807, 2.05) is 41.3 Å². The molecular formula is C25H25ClN4O2. The van der Waals surface area contributed by atoms with Gasteiger partial charge in [0.15, 0.2) is 5.69 Å². The topological polar surface area (TPSA) is 67.2 Å². The van der Waals surface area contributed by atoms with E-state index in [4.69, 9.17) is 11.6 Å². The lowest BCUT2D eigenvalue weighted by Gasteiger charge is -2.26. The first-order valence-electron chi connectivity index (χ1n) is 11.1. The van der Waals surface area contributed by atoms with Crippen molar-refractivity contribution in [1.82, 2.24) is 20.0 Å². The van der Waals surface area contributed by atoms with Gasteiger partial charge in [0.25, 0.3) is 11.8 Å². The number of hydrogen-bond donors (Lipinski definition) is 1. The maximum absolute atomic E-state index is 13.2. The van der Waals surface area contributed by atoms with Crippen LogP contribution in [-0.2, 0) is 19.5 Å². The van der Waals surface area contributed by atoms with Gasteiger partial charge in [-0.25, -0.2) is 0 Å². The van der Waals surface area contributed by atoms with E-state index in [0.717, 1.165) is 31.2 Å². The molecule has 164 valence electrons. The van der Waals surface area contributed by atoms with E-state index in [-0.39, 0.29) is 17.9 Å². The molecule has 0 radical (unpaired) electrons. The predicted octanol–water partition coefficient (Wildman–Crippen LogP) is 4.39. The normalized spacial score (nSPS) is 18.0. The average Bonchev–Trinajstić information content (AvgIpc) is 3.18. The molecule has 0 saturated carbocycles. The Labute approximate surface area is 192 Å². The first-order valence-corrected chi connectivity index (χ1v) is 11.5. The number of fused-ring (bicyclic) bond motifs is 2. The zero-order chi connectivity index (χ0) is 22.1. The highest BCUT2D eigenvalue weighted by atomic mass is 35.5. The predicted molar refractivity (Wildman–Crippen MR) is 123 cm³/mol. The molecular weight excluding hydrogens is 424 g/mol. The molecule has 2 aliphatic rings. The molecule has 6 nitrogen and oxygen atoms in total. The summed E-state index contributed by atoms with van der Waals surface area (Å²) in [5.74, 6) is -0.337. The molecule has 3 aromatic rings. The Kier molecular flexibility index (Phi) is 5.70. The van der Waals surface area contributed by atoms with Gasteiger partial charge in [-0.3, -0.25) is 14.3 Å². The van der Waals surface area contributed by atoms with Crippen molar-refractivity contribution in [3.05, 3.63) is 87.7 Å². The van der Waals surface area contributed by atoms with Gasteiger partial charge in [-0.1, -0.05) is 48.0 Å². The summed E-state index contributed by atoms with van der Waals surface area (Å²) in [6, 6.07) is 17.4. The molecule has 2 amide bonds. The van der Waals surface area contributed by atoms with Crippen molar-refractivity contribution in [2.24, 2.45) is 0 Å². The van der Waals surface area contributed by atoms with Crippen LogP contribution >= 0.6 is 11.6 Å². The van der Waals surface area contributed by atoms with Gasteiger partial charge >= 0.3 is 0 Å². The van der Waals surface area contributed by atoms with Crippen LogP contribution in [0.1, 0.15) is 63.0 Å². The van der Waals surface area contributed by atoms with Gasteiger partial charge in [0.05, 0.1) is 6.04 Å². The number of carbonyl (C=O) groups is 2. The van der Waals surface area contributed by atoms with Crippen LogP contribution in [0.4, 0.5) is 0 Å². The number of amides is 2. The Morgan fingerprint density at radius 1 is 1.09 bits per heavy atom. The minimum absolute atomic E-state index is 0.0222. The summed E-state index contributed by atoms with van der Waals surface area (Å²) in [6.45, 7) is 1.75. The summed E-state index contributed by atoms with van der Waals surface area (Å²) in [7, 11) is 0. The maximum Gasteiger partial charge on any atom is 0.272 e. The average molecular weight is 449 g/mol. The third-order valence-electron chi connectivity index (χ3n) is 6.28. The standard InChI is InChI=1S/C25H25ClN4O2/c26-19-11-9-17(10-12-19)16-29-13-4-14-30-23(25(29)32)15-22(28-30)24(31)27-21-8-3-6-18-5-1-2-7-20(18)21/h1-2,5,7,9-12,15,21H,3-4,6,8,13-14,16H2,(H,27,31)/t21-/m0/s1. The van der Waals surface area contributed by atoms with Crippen LogP contribution < -0.4 is 5.32 Å².